The normalized spacial score (nSPS) is 21.6. The van der Waals surface area contributed by atoms with E-state index in [9.17, 15) is 9.59 Å². The van der Waals surface area contributed by atoms with Gasteiger partial charge in [-0.3, -0.25) is 9.59 Å². The molecule has 0 radical (unpaired) electrons. The number of piperidine rings is 2. The highest BCUT2D eigenvalue weighted by Gasteiger charge is 2.23. The van der Waals surface area contributed by atoms with Crippen LogP contribution >= 0.6 is 22.7 Å². The van der Waals surface area contributed by atoms with Gasteiger partial charge in [-0.05, 0) is 79.9 Å². The van der Waals surface area contributed by atoms with Gasteiger partial charge in [-0.1, -0.05) is 19.1 Å². The maximum absolute atomic E-state index is 12.4. The van der Waals surface area contributed by atoms with E-state index in [0.717, 1.165) is 99.9 Å². The highest BCUT2D eigenvalue weighted by atomic mass is 32.1. The van der Waals surface area contributed by atoms with E-state index in [-0.39, 0.29) is 23.9 Å². The van der Waals surface area contributed by atoms with E-state index in [0.29, 0.717) is 5.92 Å². The van der Waals surface area contributed by atoms with Gasteiger partial charge in [-0.25, -0.2) is 0 Å². The van der Waals surface area contributed by atoms with Crippen LogP contribution < -0.4 is 30.7 Å². The lowest BCUT2D eigenvalue weighted by atomic mass is 10.0. The van der Waals surface area contributed by atoms with Crippen molar-refractivity contribution in [2.45, 2.75) is 50.6 Å². The molecular formula is C32H38N4O4S2. The molecule has 2 saturated heterocycles. The lowest BCUT2D eigenvalue weighted by molar-refractivity contribution is 0.0926. The fraction of sp³-hybridized carbons (Fsp3) is 0.438. The molecule has 3 aliphatic heterocycles. The summed E-state index contributed by atoms with van der Waals surface area (Å²) in [6, 6.07) is 14.6. The third kappa shape index (κ3) is 6.41. The van der Waals surface area contributed by atoms with Crippen molar-refractivity contribution in [2.24, 2.45) is 0 Å². The fourth-order valence-corrected chi connectivity index (χ4v) is 7.81. The van der Waals surface area contributed by atoms with Gasteiger partial charge in [-0.15, -0.1) is 22.7 Å². The van der Waals surface area contributed by atoms with E-state index in [1.54, 1.807) is 18.4 Å². The molecule has 0 saturated carbocycles. The van der Waals surface area contributed by atoms with E-state index in [4.69, 9.17) is 9.47 Å². The van der Waals surface area contributed by atoms with Crippen molar-refractivity contribution in [3.63, 3.8) is 0 Å². The Morgan fingerprint density at radius 3 is 2.21 bits per heavy atom. The Labute approximate surface area is 254 Å². The number of benzene rings is 2. The minimum Gasteiger partial charge on any atom is -0.495 e. The summed E-state index contributed by atoms with van der Waals surface area (Å²) in [7, 11) is 1.65. The van der Waals surface area contributed by atoms with Crippen LogP contribution in [-0.2, 0) is 0 Å². The van der Waals surface area contributed by atoms with E-state index < -0.39 is 0 Å². The molecule has 2 amide bonds. The number of methoxy groups -OCH3 is 1. The van der Waals surface area contributed by atoms with Crippen LogP contribution in [0.5, 0.6) is 11.5 Å². The summed E-state index contributed by atoms with van der Waals surface area (Å²) in [4.78, 5) is 26.3. The molecule has 3 unspecified atom stereocenters. The number of hydrogen-bond donors (Lipinski definition) is 4. The first-order valence-corrected chi connectivity index (χ1v) is 16.4. The Hall–Kier alpha value is -3.18. The molecule has 3 atom stereocenters. The summed E-state index contributed by atoms with van der Waals surface area (Å²) >= 11 is 3.04. The van der Waals surface area contributed by atoms with Crippen molar-refractivity contribution in [1.29, 1.82) is 0 Å². The molecule has 5 heterocycles. The number of rotatable bonds is 5. The standard InChI is InChI=1S/C17H20N2O2S.C15H18N2O2S/c1-10-9-21-14-7-15-11(5-13(10)14)6-16(22-15)17(20)19-12-3-2-4-18-8-12;1-19-12-6-2-4-10-8-13(20-14(10)12)15(18)17-11-5-3-7-16-9-11/h5-7,10,12,18H,2-4,8-9H2,1H3,(H,19,20);2,4,6,8,11,16H,3,5,7,9H2,1H3,(H,17,18). The Balaban J connectivity index is 0.000000151. The first kappa shape index (κ1) is 28.9. The number of fused-ring (bicyclic) bond motifs is 3. The van der Waals surface area contributed by atoms with Gasteiger partial charge in [0, 0.05) is 41.4 Å². The highest BCUT2D eigenvalue weighted by molar-refractivity contribution is 7.21. The second-order valence-corrected chi connectivity index (χ2v) is 13.4. The van der Waals surface area contributed by atoms with Crippen LogP contribution in [0, 0.1) is 0 Å². The van der Waals surface area contributed by atoms with Crippen molar-refractivity contribution in [2.75, 3.05) is 39.9 Å². The summed E-state index contributed by atoms with van der Waals surface area (Å²) in [5.41, 5.74) is 1.26. The lowest BCUT2D eigenvalue weighted by Crippen LogP contribution is -2.45. The molecule has 8 nitrogen and oxygen atoms in total. The lowest BCUT2D eigenvalue weighted by Gasteiger charge is -2.23. The zero-order valence-corrected chi connectivity index (χ0v) is 25.7. The molecule has 42 heavy (non-hydrogen) atoms. The van der Waals surface area contributed by atoms with E-state index in [1.165, 1.54) is 16.9 Å². The largest absolute Gasteiger partial charge is 0.495 e. The molecule has 4 N–H and O–H groups in total. The van der Waals surface area contributed by atoms with E-state index in [1.807, 2.05) is 30.3 Å². The summed E-state index contributed by atoms with van der Waals surface area (Å²) in [5, 5.41) is 15.1. The molecule has 3 aliphatic rings. The molecule has 2 fully saturated rings. The summed E-state index contributed by atoms with van der Waals surface area (Å²) in [5.74, 6) is 2.30. The van der Waals surface area contributed by atoms with Gasteiger partial charge in [-0.2, -0.15) is 0 Å². The predicted octanol–water partition coefficient (Wildman–Crippen LogP) is 5.27. The molecule has 10 heteroatoms. The topological polar surface area (TPSA) is 101 Å². The third-order valence-corrected chi connectivity index (χ3v) is 10.4. The number of ether oxygens (including phenoxy) is 2. The molecule has 0 spiro atoms. The highest BCUT2D eigenvalue weighted by Crippen LogP contribution is 2.39. The van der Waals surface area contributed by atoms with Crippen LogP contribution in [0.1, 0.15) is 63.4 Å². The molecule has 2 aromatic carbocycles. The first-order chi connectivity index (χ1) is 20.5. The van der Waals surface area contributed by atoms with Gasteiger partial charge in [0.2, 0.25) is 0 Å². The summed E-state index contributed by atoms with van der Waals surface area (Å²) < 4.78 is 13.2. The quantitative estimate of drug-likeness (QED) is 0.247. The monoisotopic (exact) mass is 606 g/mol. The predicted molar refractivity (Wildman–Crippen MR) is 171 cm³/mol. The molecule has 2 aromatic heterocycles. The van der Waals surface area contributed by atoms with Crippen molar-refractivity contribution < 1.29 is 19.1 Å². The van der Waals surface area contributed by atoms with E-state index in [2.05, 4.69) is 40.3 Å². The number of carbonyl (C=O) groups excluding carboxylic acids is 2. The maximum atomic E-state index is 12.4. The second kappa shape index (κ2) is 13.0. The van der Waals surface area contributed by atoms with Crippen LogP contribution in [0.15, 0.2) is 42.5 Å². The Morgan fingerprint density at radius 2 is 1.57 bits per heavy atom. The van der Waals surface area contributed by atoms with Gasteiger partial charge in [0.15, 0.2) is 0 Å². The van der Waals surface area contributed by atoms with E-state index >= 15 is 0 Å². The Morgan fingerprint density at radius 1 is 0.905 bits per heavy atom. The number of hydrogen-bond acceptors (Lipinski definition) is 8. The van der Waals surface area contributed by atoms with Gasteiger partial charge in [0.05, 0.1) is 28.2 Å². The Kier molecular flexibility index (Phi) is 8.95. The average Bonchev–Trinajstić information content (AvgIpc) is 3.74. The molecule has 0 bridgehead atoms. The Bertz CT molecular complexity index is 1570. The van der Waals surface area contributed by atoms with Gasteiger partial charge in [0.25, 0.3) is 11.8 Å². The van der Waals surface area contributed by atoms with Crippen molar-refractivity contribution in [3.05, 3.63) is 57.8 Å². The van der Waals surface area contributed by atoms with Crippen LogP contribution in [0.3, 0.4) is 0 Å². The fourth-order valence-electron chi connectivity index (χ4n) is 5.78. The van der Waals surface area contributed by atoms with Crippen LogP contribution in [-0.4, -0.2) is 63.8 Å². The average molecular weight is 607 g/mol. The zero-order chi connectivity index (χ0) is 29.1. The smallest absolute Gasteiger partial charge is 0.261 e. The van der Waals surface area contributed by atoms with Crippen LogP contribution in [0.25, 0.3) is 20.2 Å². The number of carbonyl (C=O) groups is 2. The molecule has 7 rings (SSSR count). The number of thiophene rings is 2. The van der Waals surface area contributed by atoms with Gasteiger partial charge in [0.1, 0.15) is 11.5 Å². The number of amides is 2. The summed E-state index contributed by atoms with van der Waals surface area (Å²) in [6.07, 6.45) is 4.35. The van der Waals surface area contributed by atoms with Crippen molar-refractivity contribution in [3.8, 4) is 11.5 Å². The molecular weight excluding hydrogens is 569 g/mol. The second-order valence-electron chi connectivity index (χ2n) is 11.3. The van der Waals surface area contributed by atoms with Gasteiger partial charge < -0.3 is 30.7 Å². The minimum atomic E-state index is 0.0157. The SMILES string of the molecule is CC1COc2cc3sc(C(=O)NC4CCCNC4)cc3cc21.COc1cccc2cc(C(=O)NC3CCCNC3)sc12. The van der Waals surface area contributed by atoms with Crippen molar-refractivity contribution >= 4 is 54.7 Å². The molecule has 0 aliphatic carbocycles. The molecule has 4 aromatic rings. The third-order valence-electron chi connectivity index (χ3n) is 8.11. The van der Waals surface area contributed by atoms with Crippen molar-refractivity contribution in [1.82, 2.24) is 21.3 Å². The van der Waals surface area contributed by atoms with Crippen LogP contribution in [0.4, 0.5) is 0 Å². The number of nitrogens with one attached hydrogen (secondary N) is 4. The van der Waals surface area contributed by atoms with Crippen LogP contribution in [0.2, 0.25) is 0 Å². The van der Waals surface area contributed by atoms with Gasteiger partial charge >= 0.3 is 0 Å². The maximum Gasteiger partial charge on any atom is 0.261 e. The zero-order valence-electron chi connectivity index (χ0n) is 24.1. The summed E-state index contributed by atoms with van der Waals surface area (Å²) in [6.45, 7) is 6.77. The molecule has 222 valence electrons. The first-order valence-electron chi connectivity index (χ1n) is 14.8. The minimum absolute atomic E-state index is 0.0157.